The molecule has 4 saturated heterocycles. The van der Waals surface area contributed by atoms with Gasteiger partial charge in [0.15, 0.2) is 0 Å². The first kappa shape index (κ1) is 38.0. The Morgan fingerprint density at radius 3 is 1.73 bits per heavy atom. The van der Waals surface area contributed by atoms with Crippen molar-refractivity contribution in [2.45, 2.75) is 115 Å². The Hall–Kier alpha value is -2.19. The molecule has 0 radical (unpaired) electrons. The summed E-state index contributed by atoms with van der Waals surface area (Å²) in [5.41, 5.74) is 0. The van der Waals surface area contributed by atoms with E-state index in [1.807, 2.05) is 50.2 Å². The van der Waals surface area contributed by atoms with E-state index in [9.17, 15) is 14.4 Å². The maximum absolute atomic E-state index is 11.9. The fourth-order valence-corrected chi connectivity index (χ4v) is 8.02. The van der Waals surface area contributed by atoms with E-state index < -0.39 is 0 Å². The van der Waals surface area contributed by atoms with Gasteiger partial charge in [-0.3, -0.25) is 9.59 Å². The molecule has 248 valence electrons. The van der Waals surface area contributed by atoms with E-state index in [-0.39, 0.29) is 31.6 Å². The topological polar surface area (TPSA) is 76.2 Å². The second-order valence-corrected chi connectivity index (χ2v) is 15.5. The van der Waals surface area contributed by atoms with Gasteiger partial charge in [0, 0.05) is 50.8 Å². The van der Waals surface area contributed by atoms with Crippen LogP contribution >= 0.6 is 0 Å². The molecule has 9 heteroatoms. The number of likely N-dealkylation sites (N-methyl/N-ethyl adjacent to an activating group) is 1. The molecule has 0 aromatic heterocycles. The Balaban J connectivity index is 0.000000201. The van der Waals surface area contributed by atoms with Crippen LogP contribution in [0, 0.1) is 0 Å². The average Bonchev–Trinajstić information content (AvgIpc) is 3.82. The normalized spacial score (nSPS) is 29.4. The minimum atomic E-state index is 0.109. The standard InChI is InChI=1S/C12H15NOSe.C6H11NO.C6H9NO.C6H13N.C5H11N/c1-9-8-11(12(14)13(9)2)15-10-6-4-3-5-7-10;2*1-5-3-4-6(8)7(5)2;1-6-4-3-5-7(6)2;1-5-3-2-4-6-5/h3-7,9,11H,8H2,1-2H3;5H,3-4H2,1-2H3;3-5H,1-2H3;6H,3-5H2,1-2H3;5-6H,2-4H2,1H3/t9-,11?;2*5-;6-;5-/m00000/s1. The van der Waals surface area contributed by atoms with E-state index in [2.05, 4.69) is 57.1 Å². The Kier molecular flexibility index (Phi) is 16.7. The monoisotopic (exact) mass is 677 g/mol. The van der Waals surface area contributed by atoms with Crippen molar-refractivity contribution in [2.24, 2.45) is 0 Å². The predicted molar refractivity (Wildman–Crippen MR) is 183 cm³/mol. The number of carbonyl (C=O) groups excluding carboxylic acids is 3. The van der Waals surface area contributed by atoms with E-state index >= 15 is 0 Å². The van der Waals surface area contributed by atoms with Crippen LogP contribution in [0.3, 0.4) is 0 Å². The molecule has 1 unspecified atom stereocenters. The summed E-state index contributed by atoms with van der Waals surface area (Å²) in [7, 11) is 7.76. The number of amides is 3. The van der Waals surface area contributed by atoms with Gasteiger partial charge < -0.3 is 20.0 Å². The molecule has 1 N–H and O–H groups in total. The van der Waals surface area contributed by atoms with Crippen molar-refractivity contribution in [2.75, 3.05) is 41.3 Å². The minimum absolute atomic E-state index is 0.109. The molecule has 3 amide bonds. The SMILES string of the molecule is C[C@H]1C=CC(=O)N1C.C[C@H]1CC([Se]c2ccccc2)C(=O)N1C.C[C@H]1CCC(=O)N1C.C[C@H]1CCCN1.C[C@H]1CCCN1C. The van der Waals surface area contributed by atoms with Crippen LogP contribution in [0.5, 0.6) is 0 Å². The van der Waals surface area contributed by atoms with Crippen LogP contribution in [0.4, 0.5) is 0 Å². The summed E-state index contributed by atoms with van der Waals surface area (Å²) in [6.45, 7) is 13.2. The van der Waals surface area contributed by atoms with Crippen molar-refractivity contribution < 1.29 is 14.4 Å². The molecule has 6 rings (SSSR count). The van der Waals surface area contributed by atoms with Crippen LogP contribution < -0.4 is 9.78 Å². The van der Waals surface area contributed by atoms with Gasteiger partial charge in [-0.1, -0.05) is 6.08 Å². The molecule has 5 heterocycles. The summed E-state index contributed by atoms with van der Waals surface area (Å²) in [5.74, 6) is 0.723. The molecule has 8 nitrogen and oxygen atoms in total. The predicted octanol–water partition coefficient (Wildman–Crippen LogP) is 3.94. The van der Waals surface area contributed by atoms with Gasteiger partial charge in [-0.15, -0.1) is 0 Å². The summed E-state index contributed by atoms with van der Waals surface area (Å²) in [6, 6.07) is 13.2. The number of carbonyl (C=O) groups is 3. The molecule has 0 saturated carbocycles. The van der Waals surface area contributed by atoms with E-state index in [4.69, 9.17) is 0 Å². The molecule has 1 aromatic rings. The van der Waals surface area contributed by atoms with Crippen LogP contribution in [0.15, 0.2) is 42.5 Å². The van der Waals surface area contributed by atoms with E-state index in [0.29, 0.717) is 24.0 Å². The van der Waals surface area contributed by atoms with Crippen LogP contribution in [0.1, 0.15) is 79.6 Å². The molecule has 0 bridgehead atoms. The molecule has 0 spiro atoms. The quantitative estimate of drug-likeness (QED) is 0.481. The molecule has 44 heavy (non-hydrogen) atoms. The van der Waals surface area contributed by atoms with Crippen LogP contribution in [-0.2, 0) is 14.4 Å². The third-order valence-electron chi connectivity index (χ3n) is 9.36. The van der Waals surface area contributed by atoms with Gasteiger partial charge in [0.1, 0.15) is 0 Å². The van der Waals surface area contributed by atoms with Gasteiger partial charge >= 0.3 is 96.6 Å². The summed E-state index contributed by atoms with van der Waals surface area (Å²) in [5, 5.41) is 3.32. The Labute approximate surface area is 274 Å². The number of rotatable bonds is 2. The van der Waals surface area contributed by atoms with Crippen LogP contribution in [0.2, 0.25) is 4.82 Å². The number of likely N-dealkylation sites (tertiary alicyclic amines) is 3. The fraction of sp³-hybridized carbons (Fsp3) is 0.686. The van der Waals surface area contributed by atoms with Gasteiger partial charge in [0.25, 0.3) is 0 Å². The third-order valence-corrected chi connectivity index (χ3v) is 11.9. The van der Waals surface area contributed by atoms with Crippen molar-refractivity contribution in [1.82, 2.24) is 24.9 Å². The number of nitrogens with one attached hydrogen (secondary N) is 1. The first-order valence-corrected chi connectivity index (χ1v) is 18.3. The maximum atomic E-state index is 11.9. The van der Waals surface area contributed by atoms with Gasteiger partial charge in [-0.2, -0.15) is 0 Å². The molecule has 0 aliphatic carbocycles. The fourth-order valence-electron chi connectivity index (χ4n) is 5.33. The number of nitrogens with zero attached hydrogens (tertiary/aromatic N) is 4. The zero-order valence-corrected chi connectivity index (χ0v) is 30.5. The Morgan fingerprint density at radius 1 is 0.773 bits per heavy atom. The Morgan fingerprint density at radius 2 is 1.45 bits per heavy atom. The summed E-state index contributed by atoms with van der Waals surface area (Å²) >= 11 is 0.289. The minimum Gasteiger partial charge on any atom is -0.343 e. The smallest absolute Gasteiger partial charge is 0.222 e. The largest absolute Gasteiger partial charge is 0.343 e. The van der Waals surface area contributed by atoms with Crippen molar-refractivity contribution >= 4 is 37.1 Å². The second-order valence-electron chi connectivity index (χ2n) is 12.9. The van der Waals surface area contributed by atoms with E-state index in [1.54, 1.807) is 22.9 Å². The van der Waals surface area contributed by atoms with E-state index in [0.717, 1.165) is 31.3 Å². The maximum Gasteiger partial charge on any atom is 0.222 e. The second kappa shape index (κ2) is 19.4. The number of hydrogen-bond acceptors (Lipinski definition) is 5. The summed E-state index contributed by atoms with van der Waals surface area (Å²) < 4.78 is 1.32. The first-order chi connectivity index (χ1) is 20.8. The van der Waals surface area contributed by atoms with E-state index in [1.165, 1.54) is 43.2 Å². The van der Waals surface area contributed by atoms with Crippen LogP contribution in [-0.4, -0.2) is 124 Å². The zero-order chi connectivity index (χ0) is 32.8. The van der Waals surface area contributed by atoms with Gasteiger partial charge in [-0.05, 0) is 79.9 Å². The average molecular weight is 677 g/mol. The molecular weight excluding hydrogens is 617 g/mol. The molecule has 5 aliphatic rings. The molecule has 6 atom stereocenters. The van der Waals surface area contributed by atoms with Gasteiger partial charge in [0.2, 0.25) is 11.8 Å². The summed E-state index contributed by atoms with van der Waals surface area (Å²) in [6.07, 6.45) is 11.8. The Bertz CT molecular complexity index is 1040. The van der Waals surface area contributed by atoms with Crippen molar-refractivity contribution in [3.8, 4) is 0 Å². The number of benzene rings is 1. The first-order valence-electron chi connectivity index (χ1n) is 16.4. The van der Waals surface area contributed by atoms with Crippen molar-refractivity contribution in [1.29, 1.82) is 0 Å². The van der Waals surface area contributed by atoms with Crippen molar-refractivity contribution in [3.05, 3.63) is 42.5 Å². The van der Waals surface area contributed by atoms with Crippen LogP contribution in [0.25, 0.3) is 0 Å². The molecule has 4 fully saturated rings. The molecular formula is C35H59N5O3Se. The van der Waals surface area contributed by atoms with Gasteiger partial charge in [-0.25, -0.2) is 0 Å². The third kappa shape index (κ3) is 12.7. The molecule has 1 aromatic carbocycles. The van der Waals surface area contributed by atoms with Crippen molar-refractivity contribution in [3.63, 3.8) is 0 Å². The number of hydrogen-bond donors (Lipinski definition) is 1. The molecule has 5 aliphatic heterocycles. The van der Waals surface area contributed by atoms with Gasteiger partial charge in [0.05, 0.1) is 0 Å². The zero-order valence-electron chi connectivity index (χ0n) is 28.8. The summed E-state index contributed by atoms with van der Waals surface area (Å²) in [4.78, 5) is 41.2.